The minimum Gasteiger partial charge on any atom is -0.475 e. The molecule has 1 aromatic rings. The molecule has 7 nitrogen and oxygen atoms in total. The van der Waals surface area contributed by atoms with Crippen molar-refractivity contribution in [3.8, 4) is 5.88 Å². The van der Waals surface area contributed by atoms with E-state index in [1.807, 2.05) is 20.8 Å². The van der Waals surface area contributed by atoms with Crippen LogP contribution in [-0.4, -0.2) is 48.7 Å². The van der Waals surface area contributed by atoms with E-state index in [0.717, 1.165) is 0 Å². The van der Waals surface area contributed by atoms with Crippen molar-refractivity contribution in [1.29, 1.82) is 0 Å². The number of nitrogens with zero attached hydrogens (tertiary/aromatic N) is 1. The van der Waals surface area contributed by atoms with Gasteiger partial charge in [-0.1, -0.05) is 0 Å². The van der Waals surface area contributed by atoms with Gasteiger partial charge in [-0.2, -0.15) is 0 Å². The monoisotopic (exact) mass is 323 g/mol. The molecular weight excluding hydrogens is 298 g/mol. The zero-order valence-electron chi connectivity index (χ0n) is 14.1. The molecule has 0 radical (unpaired) electrons. The number of hydrogen-bond acceptors (Lipinski definition) is 5. The Morgan fingerprint density at radius 3 is 2.39 bits per heavy atom. The van der Waals surface area contributed by atoms with Crippen LogP contribution in [-0.2, 0) is 9.53 Å². The number of rotatable bonds is 8. The van der Waals surface area contributed by atoms with Crippen LogP contribution in [0, 0.1) is 0 Å². The molecule has 0 aromatic carbocycles. The molecular formula is C16H25N3O4. The third-order valence-corrected chi connectivity index (χ3v) is 2.65. The molecule has 1 aromatic heterocycles. The number of carbonyl (C=O) groups excluding carboxylic acids is 2. The second kappa shape index (κ2) is 9.09. The first kappa shape index (κ1) is 18.9. The van der Waals surface area contributed by atoms with Gasteiger partial charge in [-0.25, -0.2) is 4.98 Å². The van der Waals surface area contributed by atoms with Crippen molar-refractivity contribution < 1.29 is 19.1 Å². The predicted octanol–water partition coefficient (Wildman–Crippen LogP) is 1.14. The molecule has 0 spiro atoms. The third kappa shape index (κ3) is 8.77. The van der Waals surface area contributed by atoms with Gasteiger partial charge in [0.1, 0.15) is 6.61 Å². The van der Waals surface area contributed by atoms with Crippen LogP contribution in [0.2, 0.25) is 0 Å². The Morgan fingerprint density at radius 2 is 1.83 bits per heavy atom. The van der Waals surface area contributed by atoms with Gasteiger partial charge in [0.05, 0.1) is 17.8 Å². The number of carbonyl (C=O) groups is 2. The fraction of sp³-hybridized carbons (Fsp3) is 0.562. The van der Waals surface area contributed by atoms with Gasteiger partial charge in [-0.05, 0) is 26.8 Å². The summed E-state index contributed by atoms with van der Waals surface area (Å²) in [4.78, 5) is 26.6. The summed E-state index contributed by atoms with van der Waals surface area (Å²) in [6.07, 6.45) is 1.45. The molecule has 2 N–H and O–H groups in total. The SMILES string of the molecule is CC(=O)NCCNC(=O)c1ccc(OCCOC(C)(C)C)nc1. The number of pyridine rings is 1. The average molecular weight is 323 g/mol. The van der Waals surface area contributed by atoms with E-state index in [4.69, 9.17) is 9.47 Å². The van der Waals surface area contributed by atoms with Gasteiger partial charge in [0.2, 0.25) is 11.8 Å². The van der Waals surface area contributed by atoms with Gasteiger partial charge in [0, 0.05) is 32.3 Å². The van der Waals surface area contributed by atoms with Crippen LogP contribution >= 0.6 is 0 Å². The van der Waals surface area contributed by atoms with Crippen molar-refractivity contribution in [1.82, 2.24) is 15.6 Å². The maximum Gasteiger partial charge on any atom is 0.252 e. The predicted molar refractivity (Wildman–Crippen MR) is 86.5 cm³/mol. The zero-order chi connectivity index (χ0) is 17.3. The molecule has 128 valence electrons. The van der Waals surface area contributed by atoms with Gasteiger partial charge in [0.25, 0.3) is 5.91 Å². The van der Waals surface area contributed by atoms with E-state index in [-0.39, 0.29) is 17.4 Å². The van der Waals surface area contributed by atoms with E-state index in [1.165, 1.54) is 13.1 Å². The zero-order valence-corrected chi connectivity index (χ0v) is 14.1. The van der Waals surface area contributed by atoms with Crippen molar-refractivity contribution in [2.75, 3.05) is 26.3 Å². The Balaban J connectivity index is 2.32. The van der Waals surface area contributed by atoms with Crippen LogP contribution in [0.15, 0.2) is 18.3 Å². The minimum atomic E-state index is -0.245. The minimum absolute atomic E-state index is 0.127. The maximum atomic E-state index is 11.8. The summed E-state index contributed by atoms with van der Waals surface area (Å²) in [6, 6.07) is 3.28. The molecule has 2 amide bonds. The summed E-state index contributed by atoms with van der Waals surface area (Å²) >= 11 is 0. The lowest BCUT2D eigenvalue weighted by molar-refractivity contribution is -0.118. The number of nitrogens with one attached hydrogen (secondary N) is 2. The summed E-state index contributed by atoms with van der Waals surface area (Å²) in [5.41, 5.74) is 0.238. The topological polar surface area (TPSA) is 89.6 Å². The number of hydrogen-bond donors (Lipinski definition) is 2. The summed E-state index contributed by atoms with van der Waals surface area (Å²) in [5, 5.41) is 5.29. The fourth-order valence-electron chi connectivity index (χ4n) is 1.61. The molecule has 0 aliphatic heterocycles. The molecule has 0 fully saturated rings. The Hall–Kier alpha value is -2.15. The quantitative estimate of drug-likeness (QED) is 0.700. The smallest absolute Gasteiger partial charge is 0.252 e. The van der Waals surface area contributed by atoms with E-state index < -0.39 is 0 Å². The Morgan fingerprint density at radius 1 is 1.13 bits per heavy atom. The molecule has 0 aliphatic rings. The van der Waals surface area contributed by atoms with Gasteiger partial charge in [-0.15, -0.1) is 0 Å². The molecule has 0 aliphatic carbocycles. The van der Waals surface area contributed by atoms with Gasteiger partial charge in [-0.3, -0.25) is 9.59 Å². The molecule has 23 heavy (non-hydrogen) atoms. The largest absolute Gasteiger partial charge is 0.475 e. The highest BCUT2D eigenvalue weighted by Gasteiger charge is 2.10. The summed E-state index contributed by atoms with van der Waals surface area (Å²) in [5.74, 6) is 0.0700. The second-order valence-electron chi connectivity index (χ2n) is 5.93. The summed E-state index contributed by atoms with van der Waals surface area (Å²) in [7, 11) is 0. The van der Waals surface area contributed by atoms with E-state index in [9.17, 15) is 9.59 Å². The molecule has 0 saturated carbocycles. The summed E-state index contributed by atoms with van der Waals surface area (Å²) < 4.78 is 11.0. The number of aromatic nitrogens is 1. The van der Waals surface area contributed by atoms with Gasteiger partial charge in [0.15, 0.2) is 0 Å². The lowest BCUT2D eigenvalue weighted by Gasteiger charge is -2.19. The maximum absolute atomic E-state index is 11.8. The van der Waals surface area contributed by atoms with E-state index in [0.29, 0.717) is 37.7 Å². The van der Waals surface area contributed by atoms with Crippen molar-refractivity contribution in [2.24, 2.45) is 0 Å². The molecule has 0 saturated heterocycles. The molecule has 7 heteroatoms. The fourth-order valence-corrected chi connectivity index (χ4v) is 1.61. The Labute approximate surface area is 136 Å². The average Bonchev–Trinajstić information content (AvgIpc) is 2.47. The van der Waals surface area contributed by atoms with Crippen molar-refractivity contribution in [3.63, 3.8) is 0 Å². The van der Waals surface area contributed by atoms with Crippen LogP contribution in [0.4, 0.5) is 0 Å². The highest BCUT2D eigenvalue weighted by molar-refractivity contribution is 5.93. The highest BCUT2D eigenvalue weighted by Crippen LogP contribution is 2.09. The van der Waals surface area contributed by atoms with Crippen LogP contribution in [0.5, 0.6) is 5.88 Å². The molecule has 0 unspecified atom stereocenters. The lowest BCUT2D eigenvalue weighted by atomic mass is 10.2. The van der Waals surface area contributed by atoms with Crippen LogP contribution < -0.4 is 15.4 Å². The molecule has 1 heterocycles. The first-order valence-electron chi connectivity index (χ1n) is 7.53. The van der Waals surface area contributed by atoms with E-state index in [1.54, 1.807) is 12.1 Å². The Bertz CT molecular complexity index is 509. The van der Waals surface area contributed by atoms with Crippen LogP contribution in [0.1, 0.15) is 38.1 Å². The van der Waals surface area contributed by atoms with Crippen molar-refractivity contribution in [3.05, 3.63) is 23.9 Å². The molecule has 0 atom stereocenters. The van der Waals surface area contributed by atoms with Crippen molar-refractivity contribution >= 4 is 11.8 Å². The number of amides is 2. The van der Waals surface area contributed by atoms with E-state index >= 15 is 0 Å². The Kier molecular flexibility index (Phi) is 7.47. The second-order valence-corrected chi connectivity index (χ2v) is 5.93. The van der Waals surface area contributed by atoms with Gasteiger partial charge >= 0.3 is 0 Å². The first-order chi connectivity index (χ1) is 10.8. The van der Waals surface area contributed by atoms with Crippen LogP contribution in [0.25, 0.3) is 0 Å². The first-order valence-corrected chi connectivity index (χ1v) is 7.53. The normalized spacial score (nSPS) is 11.0. The summed E-state index contributed by atoms with van der Waals surface area (Å²) in [6.45, 7) is 8.98. The third-order valence-electron chi connectivity index (χ3n) is 2.65. The molecule has 1 rings (SSSR count). The standard InChI is InChI=1S/C16H25N3O4/c1-12(20)17-7-8-18-15(21)13-5-6-14(19-11-13)22-9-10-23-16(2,3)4/h5-6,11H,7-10H2,1-4H3,(H,17,20)(H,18,21). The van der Waals surface area contributed by atoms with E-state index in [2.05, 4.69) is 15.6 Å². The molecule has 0 bridgehead atoms. The van der Waals surface area contributed by atoms with Gasteiger partial charge < -0.3 is 20.1 Å². The number of ether oxygens (including phenoxy) is 2. The van der Waals surface area contributed by atoms with Crippen molar-refractivity contribution in [2.45, 2.75) is 33.3 Å². The van der Waals surface area contributed by atoms with Crippen LogP contribution in [0.3, 0.4) is 0 Å². The highest BCUT2D eigenvalue weighted by atomic mass is 16.5. The lowest BCUT2D eigenvalue weighted by Crippen LogP contribution is -2.33.